The molecule has 2 aliphatic rings. The fourth-order valence-corrected chi connectivity index (χ4v) is 5.20. The molecule has 10 heteroatoms. The first-order valence-corrected chi connectivity index (χ1v) is 12.1. The minimum Gasteiger partial charge on any atom is -0.479 e. The van der Waals surface area contributed by atoms with Gasteiger partial charge in [0.1, 0.15) is 0 Å². The normalized spacial score (nSPS) is 17.4. The van der Waals surface area contributed by atoms with Crippen molar-refractivity contribution in [1.82, 2.24) is 9.21 Å². The number of rotatable bonds is 6. The van der Waals surface area contributed by atoms with Gasteiger partial charge in [0.2, 0.25) is 16.6 Å². The topological polar surface area (TPSA) is 112 Å². The highest BCUT2D eigenvalue weighted by Crippen LogP contribution is 2.39. The highest BCUT2D eigenvalue weighted by atomic mass is 32.2. The zero-order valence-corrected chi connectivity index (χ0v) is 19.8. The van der Waals surface area contributed by atoms with Crippen molar-refractivity contribution in [3.8, 4) is 11.1 Å². The Morgan fingerprint density at radius 3 is 2.64 bits per heavy atom. The van der Waals surface area contributed by atoms with E-state index >= 15 is 0 Å². The largest absolute Gasteiger partial charge is 0.479 e. The average Bonchev–Trinajstić information content (AvgIpc) is 2.78. The van der Waals surface area contributed by atoms with Gasteiger partial charge in [-0.1, -0.05) is 17.3 Å². The van der Waals surface area contributed by atoms with Crippen LogP contribution >= 0.6 is 0 Å². The summed E-state index contributed by atoms with van der Waals surface area (Å²) < 4.78 is 26.1. The second-order valence-electron chi connectivity index (χ2n) is 8.57. The van der Waals surface area contributed by atoms with E-state index in [1.807, 2.05) is 12.1 Å². The lowest BCUT2D eigenvalue weighted by atomic mass is 9.85. The summed E-state index contributed by atoms with van der Waals surface area (Å²) in [6.07, 6.45) is 1.45. The number of hydrogen-bond acceptors (Lipinski definition) is 7. The Morgan fingerprint density at radius 2 is 1.97 bits per heavy atom. The summed E-state index contributed by atoms with van der Waals surface area (Å²) in [5, 5.41) is 16.2. The fraction of sp³-hybridized carbons (Fsp3) is 0.391. The van der Waals surface area contributed by atoms with Crippen LogP contribution in [0.25, 0.3) is 11.1 Å². The molecule has 2 aliphatic heterocycles. The Kier molecular flexibility index (Phi) is 6.42. The second-order valence-corrected chi connectivity index (χ2v) is 10.7. The lowest BCUT2D eigenvalue weighted by molar-refractivity contribution is -0.142. The van der Waals surface area contributed by atoms with Gasteiger partial charge in [-0.15, -0.1) is 0 Å². The van der Waals surface area contributed by atoms with E-state index in [4.69, 9.17) is 9.94 Å². The molecule has 9 nitrogen and oxygen atoms in total. The fourth-order valence-electron chi connectivity index (χ4n) is 4.30. The Labute approximate surface area is 193 Å². The summed E-state index contributed by atoms with van der Waals surface area (Å²) in [5.74, 6) is -1.07. The van der Waals surface area contributed by atoms with Crippen LogP contribution in [0, 0.1) is 0 Å². The van der Waals surface area contributed by atoms with Crippen LogP contribution in [-0.2, 0) is 39.0 Å². The number of oxime groups is 1. The van der Waals surface area contributed by atoms with Crippen LogP contribution in [0.1, 0.15) is 16.7 Å². The molecule has 0 aromatic heterocycles. The van der Waals surface area contributed by atoms with Gasteiger partial charge in [0.05, 0.1) is 17.2 Å². The van der Waals surface area contributed by atoms with Gasteiger partial charge >= 0.3 is 5.97 Å². The van der Waals surface area contributed by atoms with E-state index in [0.29, 0.717) is 13.0 Å². The second kappa shape index (κ2) is 9.12. The third-order valence-electron chi connectivity index (χ3n) is 5.99. The van der Waals surface area contributed by atoms with Gasteiger partial charge in [0.15, 0.2) is 0 Å². The summed E-state index contributed by atoms with van der Waals surface area (Å²) in [7, 11) is 1.64. The van der Waals surface area contributed by atoms with E-state index in [1.165, 1.54) is 29.5 Å². The van der Waals surface area contributed by atoms with Crippen LogP contribution in [0.15, 0.2) is 40.4 Å². The molecule has 0 saturated carbocycles. The number of nitrogens with zero attached hydrogens (tertiary/aromatic N) is 3. The monoisotopic (exact) mass is 472 g/mol. The van der Waals surface area contributed by atoms with E-state index in [-0.39, 0.29) is 4.90 Å². The molecule has 2 N–H and O–H groups in total. The van der Waals surface area contributed by atoms with Gasteiger partial charge in [-0.05, 0) is 59.5 Å². The minimum atomic E-state index is -3.49. The molecule has 0 aliphatic carbocycles. The Balaban J connectivity index is 1.74. The minimum absolute atomic E-state index is 0.259. The molecule has 2 heterocycles. The molecule has 0 radical (unpaired) electrons. The average molecular weight is 473 g/mol. The number of fused-ring (bicyclic) bond motifs is 3. The van der Waals surface area contributed by atoms with Crippen molar-refractivity contribution < 1.29 is 23.2 Å². The number of nitrogens with one attached hydrogen (secondary N) is 1. The number of benzene rings is 2. The van der Waals surface area contributed by atoms with E-state index in [0.717, 1.165) is 47.6 Å². The van der Waals surface area contributed by atoms with Crippen LogP contribution < -0.4 is 5.32 Å². The number of carboxylic acids is 1. The maximum atomic E-state index is 12.5. The molecular weight excluding hydrogens is 444 g/mol. The predicted molar refractivity (Wildman–Crippen MR) is 126 cm³/mol. The molecule has 0 spiro atoms. The Bertz CT molecular complexity index is 1210. The van der Waals surface area contributed by atoms with Crippen LogP contribution in [0.3, 0.4) is 0 Å². The SMILES string of the molecule is CN1CCc2c(-c3ccc(S(=O)(=O)N(C)C)cc3)cc3c(c2C1)NC/C(=N/OCC(=O)O)C3. The molecule has 0 atom stereocenters. The quantitative estimate of drug-likeness (QED) is 0.619. The van der Waals surface area contributed by atoms with Gasteiger partial charge in [-0.2, -0.15) is 0 Å². The maximum absolute atomic E-state index is 12.5. The number of carbonyl (C=O) groups is 1. The number of likely N-dealkylation sites (N-methyl/N-ethyl adjacent to an activating group) is 1. The van der Waals surface area contributed by atoms with Crippen molar-refractivity contribution in [1.29, 1.82) is 0 Å². The van der Waals surface area contributed by atoms with Crippen molar-refractivity contribution >= 4 is 27.4 Å². The summed E-state index contributed by atoms with van der Waals surface area (Å²) >= 11 is 0. The number of sulfonamides is 1. The lowest BCUT2D eigenvalue weighted by Gasteiger charge is -2.33. The zero-order valence-electron chi connectivity index (χ0n) is 19.0. The number of anilines is 1. The van der Waals surface area contributed by atoms with Crippen molar-refractivity contribution in [2.24, 2.45) is 5.16 Å². The van der Waals surface area contributed by atoms with Gasteiger partial charge in [-0.3, -0.25) is 0 Å². The summed E-state index contributed by atoms with van der Waals surface area (Å²) in [4.78, 5) is 18.2. The Morgan fingerprint density at radius 1 is 1.24 bits per heavy atom. The summed E-state index contributed by atoms with van der Waals surface area (Å²) in [6.45, 7) is 1.78. The van der Waals surface area contributed by atoms with Crippen molar-refractivity contribution in [3.63, 3.8) is 0 Å². The molecule has 0 bridgehead atoms. The van der Waals surface area contributed by atoms with Crippen LogP contribution in [-0.4, -0.2) is 75.2 Å². The van der Waals surface area contributed by atoms with Crippen molar-refractivity contribution in [3.05, 3.63) is 47.0 Å². The Hall–Kier alpha value is -2.95. The van der Waals surface area contributed by atoms with E-state index in [9.17, 15) is 13.2 Å². The molecular formula is C23H28N4O5S. The number of carboxylic acid groups (broad SMARTS) is 1. The van der Waals surface area contributed by atoms with E-state index < -0.39 is 22.6 Å². The van der Waals surface area contributed by atoms with Crippen LogP contribution in [0.4, 0.5) is 5.69 Å². The molecule has 33 heavy (non-hydrogen) atoms. The zero-order chi connectivity index (χ0) is 23.8. The van der Waals surface area contributed by atoms with Crippen LogP contribution in [0.2, 0.25) is 0 Å². The third-order valence-corrected chi connectivity index (χ3v) is 7.82. The van der Waals surface area contributed by atoms with Gasteiger partial charge in [0, 0.05) is 39.3 Å². The molecule has 0 amide bonds. The summed E-state index contributed by atoms with van der Waals surface area (Å²) in [5.41, 5.74) is 7.45. The smallest absolute Gasteiger partial charge is 0.344 e. The summed E-state index contributed by atoms with van der Waals surface area (Å²) in [6, 6.07) is 9.15. The number of hydrogen-bond donors (Lipinski definition) is 2. The van der Waals surface area contributed by atoms with E-state index in [2.05, 4.69) is 28.5 Å². The molecule has 4 rings (SSSR count). The molecule has 176 valence electrons. The first kappa shape index (κ1) is 23.2. The predicted octanol–water partition coefficient (Wildman–Crippen LogP) is 2.02. The molecule has 0 fully saturated rings. The first-order chi connectivity index (χ1) is 15.7. The number of aliphatic carboxylic acids is 1. The highest BCUT2D eigenvalue weighted by Gasteiger charge is 2.27. The van der Waals surface area contributed by atoms with Gasteiger partial charge in [0.25, 0.3) is 0 Å². The first-order valence-electron chi connectivity index (χ1n) is 10.7. The third kappa shape index (κ3) is 4.73. The highest BCUT2D eigenvalue weighted by molar-refractivity contribution is 7.89. The van der Waals surface area contributed by atoms with E-state index in [1.54, 1.807) is 12.1 Å². The van der Waals surface area contributed by atoms with Crippen LogP contribution in [0.5, 0.6) is 0 Å². The van der Waals surface area contributed by atoms with Crippen molar-refractivity contribution in [2.75, 3.05) is 46.2 Å². The molecule has 2 aromatic rings. The van der Waals surface area contributed by atoms with Gasteiger partial charge in [-0.25, -0.2) is 17.5 Å². The standard InChI is InChI=1S/C23H28N4O5S/c1-26(2)33(30,31)18-6-4-15(5-7-18)20-11-16-10-17(25-32-14-22(28)29)12-24-23(16)21-13-27(3)9-8-19(20)21/h4-7,11,24H,8-10,12-14H2,1-3H3,(H,28,29)/b25-17+. The molecule has 0 unspecified atom stereocenters. The van der Waals surface area contributed by atoms with Gasteiger partial charge < -0.3 is 20.2 Å². The molecule has 2 aromatic carbocycles. The van der Waals surface area contributed by atoms with Crippen molar-refractivity contribution in [2.45, 2.75) is 24.3 Å². The lowest BCUT2D eigenvalue weighted by Crippen LogP contribution is -2.31. The maximum Gasteiger partial charge on any atom is 0.344 e. The molecule has 0 saturated heterocycles.